The van der Waals surface area contributed by atoms with Gasteiger partial charge in [0.15, 0.2) is 0 Å². The zero-order valence-electron chi connectivity index (χ0n) is 12.5. The molecule has 2 N–H and O–H groups in total. The van der Waals surface area contributed by atoms with E-state index in [0.29, 0.717) is 0 Å². The topological polar surface area (TPSA) is 56.0 Å². The lowest BCUT2D eigenvalue weighted by atomic mass is 9.88. The van der Waals surface area contributed by atoms with Crippen LogP contribution in [-0.4, -0.2) is 10.9 Å². The molecule has 0 saturated carbocycles. The quantitative estimate of drug-likeness (QED) is 0.832. The highest BCUT2D eigenvalue weighted by atomic mass is 19.4. The van der Waals surface area contributed by atoms with Gasteiger partial charge in [-0.1, -0.05) is 12.1 Å². The fraction of sp³-hybridized carbons (Fsp3) is 0.250. The van der Waals surface area contributed by atoms with Gasteiger partial charge in [-0.25, -0.2) is 0 Å². The molecule has 3 nitrogen and oxygen atoms in total. The zero-order valence-corrected chi connectivity index (χ0v) is 12.5. The highest BCUT2D eigenvalue weighted by Gasteiger charge is 2.37. The summed E-state index contributed by atoms with van der Waals surface area (Å²) in [7, 11) is 0. The summed E-state index contributed by atoms with van der Waals surface area (Å²) >= 11 is 0. The number of amides is 1. The van der Waals surface area contributed by atoms with Gasteiger partial charge < -0.3 is 5.73 Å². The van der Waals surface area contributed by atoms with E-state index in [1.807, 2.05) is 0 Å². The number of benzene rings is 1. The SMILES string of the molecule is NC(=O)C[C@@H](c1ccc(C(F)(F)F)cc1)c1ncccc1C(F)(F)F. The van der Waals surface area contributed by atoms with Crippen LogP contribution in [0.3, 0.4) is 0 Å². The Morgan fingerprint density at radius 3 is 2.08 bits per heavy atom. The molecule has 1 heterocycles. The molecule has 1 aromatic carbocycles. The van der Waals surface area contributed by atoms with Crippen molar-refractivity contribution >= 4 is 5.91 Å². The number of pyridine rings is 1. The first-order valence-electron chi connectivity index (χ1n) is 6.97. The first kappa shape index (κ1) is 18.8. The minimum atomic E-state index is -4.73. The first-order valence-corrected chi connectivity index (χ1v) is 6.97. The minimum absolute atomic E-state index is 0.0796. The van der Waals surface area contributed by atoms with Crippen molar-refractivity contribution in [3.8, 4) is 0 Å². The summed E-state index contributed by atoms with van der Waals surface area (Å²) in [5.41, 5.74) is 2.69. The van der Waals surface area contributed by atoms with Gasteiger partial charge in [-0.15, -0.1) is 0 Å². The number of nitrogens with zero attached hydrogens (tertiary/aromatic N) is 1. The standard InChI is InChI=1S/C16H12F6N2O/c17-15(18,19)10-5-3-9(4-6-10)11(8-13(23)25)14-12(16(20,21)22)2-1-7-24-14/h1-7,11H,8H2,(H2,23,25)/t11-/m0/s1. The number of hydrogen-bond acceptors (Lipinski definition) is 2. The molecule has 0 aliphatic rings. The van der Waals surface area contributed by atoms with Crippen molar-refractivity contribution in [1.29, 1.82) is 0 Å². The number of rotatable bonds is 4. The van der Waals surface area contributed by atoms with Crippen molar-refractivity contribution in [3.05, 3.63) is 65.0 Å². The summed E-state index contributed by atoms with van der Waals surface area (Å²) in [6, 6.07) is 5.39. The van der Waals surface area contributed by atoms with E-state index in [2.05, 4.69) is 4.98 Å². The van der Waals surface area contributed by atoms with Gasteiger partial charge in [0.2, 0.25) is 5.91 Å². The van der Waals surface area contributed by atoms with E-state index in [4.69, 9.17) is 5.73 Å². The van der Waals surface area contributed by atoms with Gasteiger partial charge in [-0.2, -0.15) is 26.3 Å². The molecule has 2 aromatic rings. The van der Waals surface area contributed by atoms with E-state index >= 15 is 0 Å². The van der Waals surface area contributed by atoms with Gasteiger partial charge in [-0.3, -0.25) is 9.78 Å². The number of halogens is 6. The highest BCUT2D eigenvalue weighted by molar-refractivity contribution is 5.75. The molecule has 25 heavy (non-hydrogen) atoms. The maximum Gasteiger partial charge on any atom is 0.418 e. The summed E-state index contributed by atoms with van der Waals surface area (Å²) in [4.78, 5) is 15.0. The van der Waals surface area contributed by atoms with Crippen molar-refractivity contribution in [2.45, 2.75) is 24.7 Å². The van der Waals surface area contributed by atoms with Crippen molar-refractivity contribution in [1.82, 2.24) is 4.98 Å². The molecule has 134 valence electrons. The lowest BCUT2D eigenvalue weighted by molar-refractivity contribution is -0.139. The van der Waals surface area contributed by atoms with Crippen molar-refractivity contribution < 1.29 is 31.1 Å². The molecule has 0 saturated heterocycles. The first-order chi connectivity index (χ1) is 11.5. The maximum absolute atomic E-state index is 13.2. The van der Waals surface area contributed by atoms with Crippen LogP contribution in [0, 0.1) is 0 Å². The smallest absolute Gasteiger partial charge is 0.370 e. The summed E-state index contributed by atoms with van der Waals surface area (Å²) in [6.45, 7) is 0. The van der Waals surface area contributed by atoms with Crippen LogP contribution in [0.5, 0.6) is 0 Å². The van der Waals surface area contributed by atoms with Gasteiger partial charge in [0.25, 0.3) is 0 Å². The number of primary amides is 1. The number of carbonyl (C=O) groups is 1. The highest BCUT2D eigenvalue weighted by Crippen LogP contribution is 2.38. The van der Waals surface area contributed by atoms with Crippen LogP contribution in [-0.2, 0) is 17.1 Å². The summed E-state index contributed by atoms with van der Waals surface area (Å²) in [5.74, 6) is -2.11. The monoisotopic (exact) mass is 362 g/mol. The molecule has 0 aliphatic carbocycles. The predicted octanol–water partition coefficient (Wildman–Crippen LogP) is 4.13. The fourth-order valence-electron chi connectivity index (χ4n) is 2.41. The Morgan fingerprint density at radius 2 is 1.60 bits per heavy atom. The number of nitrogens with two attached hydrogens (primary N) is 1. The molecular formula is C16H12F6N2O. The fourth-order valence-corrected chi connectivity index (χ4v) is 2.41. The van der Waals surface area contributed by atoms with Gasteiger partial charge in [-0.05, 0) is 29.8 Å². The van der Waals surface area contributed by atoms with Crippen LogP contribution in [0.1, 0.15) is 34.7 Å². The molecule has 0 radical (unpaired) electrons. The Hall–Kier alpha value is -2.58. The third-order valence-corrected chi connectivity index (χ3v) is 3.52. The van der Waals surface area contributed by atoms with Crippen LogP contribution in [0.4, 0.5) is 26.3 Å². The number of aromatic nitrogens is 1. The molecule has 1 atom stereocenters. The van der Waals surface area contributed by atoms with Crippen molar-refractivity contribution in [2.75, 3.05) is 0 Å². The van der Waals surface area contributed by atoms with E-state index in [9.17, 15) is 31.1 Å². The number of alkyl halides is 6. The third-order valence-electron chi connectivity index (χ3n) is 3.52. The van der Waals surface area contributed by atoms with Crippen LogP contribution < -0.4 is 5.73 Å². The largest absolute Gasteiger partial charge is 0.418 e. The normalized spacial score (nSPS) is 13.5. The van der Waals surface area contributed by atoms with Gasteiger partial charge >= 0.3 is 12.4 Å². The molecule has 9 heteroatoms. The van der Waals surface area contributed by atoms with E-state index < -0.39 is 47.4 Å². The molecule has 0 bridgehead atoms. The van der Waals surface area contributed by atoms with Crippen LogP contribution in [0.25, 0.3) is 0 Å². The summed E-state index contributed by atoms with van der Waals surface area (Å²) < 4.78 is 77.4. The average molecular weight is 362 g/mol. The lowest BCUT2D eigenvalue weighted by Crippen LogP contribution is -2.20. The van der Waals surface area contributed by atoms with E-state index in [1.54, 1.807) is 0 Å². The molecule has 1 amide bonds. The second-order valence-electron chi connectivity index (χ2n) is 5.28. The molecular weight excluding hydrogens is 350 g/mol. The minimum Gasteiger partial charge on any atom is -0.370 e. The molecule has 1 aromatic heterocycles. The third kappa shape index (κ3) is 4.49. The Balaban J connectivity index is 2.53. The number of carbonyl (C=O) groups excluding carboxylic acids is 1. The molecule has 0 fully saturated rings. The molecule has 0 spiro atoms. The van der Waals surface area contributed by atoms with Gasteiger partial charge in [0, 0.05) is 18.5 Å². The lowest BCUT2D eigenvalue weighted by Gasteiger charge is -2.20. The van der Waals surface area contributed by atoms with E-state index in [1.165, 1.54) is 0 Å². The Morgan fingerprint density at radius 1 is 1.00 bits per heavy atom. The van der Waals surface area contributed by atoms with Gasteiger partial charge in [0.05, 0.1) is 16.8 Å². The maximum atomic E-state index is 13.2. The Labute approximate surface area is 138 Å². The zero-order chi connectivity index (χ0) is 18.8. The van der Waals surface area contributed by atoms with Crippen molar-refractivity contribution in [3.63, 3.8) is 0 Å². The van der Waals surface area contributed by atoms with Crippen LogP contribution in [0.15, 0.2) is 42.6 Å². The van der Waals surface area contributed by atoms with E-state index in [0.717, 1.165) is 42.6 Å². The average Bonchev–Trinajstić information content (AvgIpc) is 2.51. The Bertz CT molecular complexity index is 752. The summed E-state index contributed by atoms with van der Waals surface area (Å²) in [5, 5.41) is 0. The summed E-state index contributed by atoms with van der Waals surface area (Å²) in [6.07, 6.45) is -8.72. The number of hydrogen-bond donors (Lipinski definition) is 1. The van der Waals surface area contributed by atoms with E-state index in [-0.39, 0.29) is 5.56 Å². The second-order valence-corrected chi connectivity index (χ2v) is 5.28. The molecule has 2 rings (SSSR count). The van der Waals surface area contributed by atoms with Crippen LogP contribution >= 0.6 is 0 Å². The molecule has 0 unspecified atom stereocenters. The van der Waals surface area contributed by atoms with Gasteiger partial charge in [0.1, 0.15) is 0 Å². The second kappa shape index (κ2) is 6.73. The van der Waals surface area contributed by atoms with Crippen LogP contribution in [0.2, 0.25) is 0 Å². The predicted molar refractivity (Wildman–Crippen MR) is 76.3 cm³/mol. The van der Waals surface area contributed by atoms with Crippen molar-refractivity contribution in [2.24, 2.45) is 5.73 Å². The Kier molecular flexibility index (Phi) is 5.05. The molecule has 0 aliphatic heterocycles.